The van der Waals surface area contributed by atoms with Crippen molar-refractivity contribution >= 4 is 45.5 Å². The summed E-state index contributed by atoms with van der Waals surface area (Å²) in [6.45, 7) is 11.2. The molecule has 3 aromatic heterocycles. The first kappa shape index (κ1) is 35.2. The summed E-state index contributed by atoms with van der Waals surface area (Å²) in [6, 6.07) is 5.56. The summed E-state index contributed by atoms with van der Waals surface area (Å²) in [4.78, 5) is 72.6. The molecule has 2 aliphatic heterocycles. The summed E-state index contributed by atoms with van der Waals surface area (Å²) in [5, 5.41) is 14.7. The number of rotatable bonds is 6. The number of ether oxygens (including phenoxy) is 1. The van der Waals surface area contributed by atoms with E-state index in [4.69, 9.17) is 24.7 Å². The average molecular weight is 693 g/mol. The number of ketones is 2. The number of carbonyl (C=O) groups excluding carboxylic acids is 4. The van der Waals surface area contributed by atoms with Gasteiger partial charge < -0.3 is 25.1 Å². The van der Waals surface area contributed by atoms with E-state index in [9.17, 15) is 24.3 Å². The van der Waals surface area contributed by atoms with Gasteiger partial charge in [-0.3, -0.25) is 24.4 Å². The van der Waals surface area contributed by atoms with E-state index in [2.05, 4.69) is 19.2 Å². The van der Waals surface area contributed by atoms with Crippen molar-refractivity contribution in [3.05, 3.63) is 68.8 Å². The van der Waals surface area contributed by atoms with E-state index in [-0.39, 0.29) is 69.6 Å². The summed E-state index contributed by atoms with van der Waals surface area (Å²) in [5.41, 5.74) is 3.35. The number of hydrogen-bond acceptors (Lipinski definition) is 8. The molecule has 1 radical (unpaired) electrons. The third-order valence-corrected chi connectivity index (χ3v) is 10.4. The predicted molar refractivity (Wildman–Crippen MR) is 175 cm³/mol. The summed E-state index contributed by atoms with van der Waals surface area (Å²) in [6.07, 6.45) is 1.25. The van der Waals surface area contributed by atoms with Crippen LogP contribution in [0.15, 0.2) is 18.2 Å². The molecule has 0 fully saturated rings. The molecule has 3 aromatic rings. The zero-order chi connectivity index (χ0) is 34.1. The molecule has 5 atom stereocenters. The molecule has 5 heterocycles. The van der Waals surface area contributed by atoms with Crippen LogP contribution < -0.4 is 15.3 Å². The molecular formula is C36H39MnN5O6. The SMILES string of the molecule is CC[C@H]1c2cc3[n-]c4c(c3C)C(=O)C(O)(C(=O)OC)c4c3nc(cc4[n-]c(cc(n2)C1C)c(C(C)=O)c4C)C(C)[C@@H]3CCC(=O)NC.[Mn+2]. The maximum Gasteiger partial charge on any atom is 2.00 e. The normalized spacial score (nSPS) is 22.7. The fraction of sp³-hybridized carbons (Fsp3) is 0.444. The number of aryl methyl sites for hydroxylation is 2. The summed E-state index contributed by atoms with van der Waals surface area (Å²) in [7, 11) is 2.67. The monoisotopic (exact) mass is 692 g/mol. The topological polar surface area (TPSA) is 164 Å². The van der Waals surface area contributed by atoms with Crippen molar-refractivity contribution in [3.63, 3.8) is 0 Å². The average Bonchev–Trinajstić information content (AvgIpc) is 3.76. The number of fused-ring (bicyclic) bond motifs is 8. The number of esters is 1. The molecule has 0 spiro atoms. The third kappa shape index (κ3) is 5.12. The van der Waals surface area contributed by atoms with Gasteiger partial charge in [-0.05, 0) is 33.6 Å². The predicted octanol–water partition coefficient (Wildman–Crippen LogP) is 4.66. The molecule has 2 N–H and O–H groups in total. The second-order valence-electron chi connectivity index (χ2n) is 12.9. The Hall–Kier alpha value is -4.12. The van der Waals surface area contributed by atoms with E-state index in [0.29, 0.717) is 51.0 Å². The van der Waals surface area contributed by atoms with Crippen LogP contribution in [-0.4, -0.2) is 52.7 Å². The van der Waals surface area contributed by atoms with Crippen molar-refractivity contribution in [1.29, 1.82) is 0 Å². The van der Waals surface area contributed by atoms with Crippen molar-refractivity contribution in [3.8, 4) is 0 Å². The van der Waals surface area contributed by atoms with E-state index in [0.717, 1.165) is 24.9 Å². The van der Waals surface area contributed by atoms with Crippen molar-refractivity contribution < 1.29 is 46.1 Å². The molecule has 8 bridgehead atoms. The Morgan fingerprint density at radius 1 is 0.958 bits per heavy atom. The number of amides is 1. The largest absolute Gasteiger partial charge is 2.00 e. The van der Waals surface area contributed by atoms with Gasteiger partial charge in [0.05, 0.1) is 12.8 Å². The van der Waals surface area contributed by atoms with E-state index in [1.165, 1.54) is 6.92 Å². The Balaban J connectivity index is 0.00000451. The third-order valence-electron chi connectivity index (χ3n) is 10.4. The molecule has 6 rings (SSSR count). The van der Waals surface area contributed by atoms with Crippen LogP contribution in [0.3, 0.4) is 0 Å². The first-order chi connectivity index (χ1) is 22.3. The fourth-order valence-electron chi connectivity index (χ4n) is 7.61. The van der Waals surface area contributed by atoms with Gasteiger partial charge in [0.25, 0.3) is 5.60 Å². The van der Waals surface area contributed by atoms with Crippen LogP contribution in [0.5, 0.6) is 0 Å². The van der Waals surface area contributed by atoms with Gasteiger partial charge in [-0.25, -0.2) is 4.79 Å². The van der Waals surface area contributed by atoms with Gasteiger partial charge in [0, 0.05) is 70.9 Å². The van der Waals surface area contributed by atoms with Crippen LogP contribution in [0, 0.1) is 13.8 Å². The van der Waals surface area contributed by atoms with E-state index >= 15 is 0 Å². The minimum absolute atomic E-state index is 0. The van der Waals surface area contributed by atoms with E-state index in [1.54, 1.807) is 20.0 Å². The van der Waals surface area contributed by atoms with Crippen LogP contribution in [0.1, 0.15) is 131 Å². The van der Waals surface area contributed by atoms with Gasteiger partial charge in [-0.2, -0.15) is 0 Å². The Morgan fingerprint density at radius 2 is 1.56 bits per heavy atom. The van der Waals surface area contributed by atoms with Gasteiger partial charge in [-0.15, -0.1) is 22.1 Å². The summed E-state index contributed by atoms with van der Waals surface area (Å²) >= 11 is 0. The molecule has 3 unspecified atom stereocenters. The second kappa shape index (κ2) is 12.7. The molecular weight excluding hydrogens is 653 g/mol. The Morgan fingerprint density at radius 3 is 2.19 bits per heavy atom. The summed E-state index contributed by atoms with van der Waals surface area (Å²) < 4.78 is 5.01. The Kier molecular flexibility index (Phi) is 9.33. The van der Waals surface area contributed by atoms with Crippen molar-refractivity contribution in [2.75, 3.05) is 14.2 Å². The molecule has 11 nitrogen and oxygen atoms in total. The van der Waals surface area contributed by atoms with Gasteiger partial charge in [0.1, 0.15) is 0 Å². The number of nitrogens with one attached hydrogen (secondary N) is 1. The molecule has 1 aliphatic carbocycles. The first-order valence-corrected chi connectivity index (χ1v) is 16.0. The molecule has 0 saturated heterocycles. The number of nitrogens with zero attached hydrogens (tertiary/aromatic N) is 4. The second-order valence-corrected chi connectivity index (χ2v) is 12.9. The number of aromatic nitrogens is 4. The quantitative estimate of drug-likeness (QED) is 0.161. The zero-order valence-electron chi connectivity index (χ0n) is 28.3. The van der Waals surface area contributed by atoms with Gasteiger partial charge in [-0.1, -0.05) is 50.1 Å². The fourth-order valence-corrected chi connectivity index (χ4v) is 7.61. The minimum Gasteiger partial charge on any atom is -0.657 e. The molecule has 0 saturated carbocycles. The van der Waals surface area contributed by atoms with Gasteiger partial charge in [0.15, 0.2) is 5.78 Å². The number of aliphatic hydroxyl groups is 1. The maximum atomic E-state index is 14.1. The van der Waals surface area contributed by atoms with E-state index < -0.39 is 23.3 Å². The zero-order valence-corrected chi connectivity index (χ0v) is 29.5. The Bertz CT molecular complexity index is 2050. The number of methoxy groups -OCH3 is 1. The maximum absolute atomic E-state index is 14.1. The van der Waals surface area contributed by atoms with Crippen LogP contribution in [0.25, 0.3) is 22.1 Å². The number of hydrogen-bond donors (Lipinski definition) is 2. The van der Waals surface area contributed by atoms with Gasteiger partial charge in [0.2, 0.25) is 11.7 Å². The molecule has 0 aromatic carbocycles. The van der Waals surface area contributed by atoms with E-state index in [1.807, 2.05) is 26.0 Å². The van der Waals surface area contributed by atoms with Gasteiger partial charge >= 0.3 is 23.0 Å². The number of carbonyl (C=O) groups is 4. The smallest absolute Gasteiger partial charge is 0.657 e. The first-order valence-electron chi connectivity index (χ1n) is 16.0. The summed E-state index contributed by atoms with van der Waals surface area (Å²) in [5.74, 6) is -2.98. The molecule has 251 valence electrons. The Labute approximate surface area is 289 Å². The van der Waals surface area contributed by atoms with Crippen LogP contribution >= 0.6 is 0 Å². The van der Waals surface area contributed by atoms with Crippen molar-refractivity contribution in [2.24, 2.45) is 0 Å². The van der Waals surface area contributed by atoms with Crippen LogP contribution in [0.2, 0.25) is 0 Å². The van der Waals surface area contributed by atoms with Crippen molar-refractivity contribution in [1.82, 2.24) is 25.3 Å². The standard InChI is InChI=1S/C36H41N5O6.Mn/c1-9-20-15(2)22-14-27-29(19(6)42)17(4)24(39-27)12-23-16(3)21(10-11-28(43)37-7)32(40-23)31-33-30(34(44)36(31,46)35(45)47-8)18(5)25(41-33)13-26(20)38-22;/h12-16,20-21,46H,9-11H2,1-8H3,(H3,37,38,39,40,41,42,43,44);/q;+2/p-2/t15?,16?,20-,21+,36?;/m1./s1. The molecule has 3 aliphatic rings. The van der Waals surface area contributed by atoms with Crippen LogP contribution in [-0.2, 0) is 37.0 Å². The molecule has 12 heteroatoms. The van der Waals surface area contributed by atoms with Crippen molar-refractivity contribution in [2.45, 2.75) is 90.1 Å². The van der Waals surface area contributed by atoms with Crippen LogP contribution in [0.4, 0.5) is 0 Å². The number of Topliss-reactive ketones (excluding diaryl/α,β-unsaturated/α-hetero) is 2. The minimum atomic E-state index is -2.68. The molecule has 1 amide bonds. The molecule has 48 heavy (non-hydrogen) atoms.